The van der Waals surface area contributed by atoms with Crippen LogP contribution in [-0.4, -0.2) is 20.6 Å². The molecule has 76 valence electrons. The van der Waals surface area contributed by atoms with Crippen molar-refractivity contribution in [2.24, 2.45) is 9.39 Å². The van der Waals surface area contributed by atoms with Gasteiger partial charge < -0.3 is 0 Å². The zero-order valence-corrected chi connectivity index (χ0v) is 8.06. The quantitative estimate of drug-likeness (QED) is 0.557. The number of benzene rings is 1. The number of hydrogen-bond acceptors (Lipinski definition) is 5. The molecule has 0 aliphatic carbocycles. The number of sulfonamides is 1. The fraction of sp³-hybridized carbons (Fsp3) is 0. The molecule has 6 nitrogen and oxygen atoms in total. The summed E-state index contributed by atoms with van der Waals surface area (Å²) >= 11 is 0. The lowest BCUT2D eigenvalue weighted by molar-refractivity contribution is 0.563. The van der Waals surface area contributed by atoms with Crippen LogP contribution >= 0.6 is 0 Å². The summed E-state index contributed by atoms with van der Waals surface area (Å²) in [4.78, 5) is 22.8. The summed E-state index contributed by atoms with van der Waals surface area (Å²) in [5.74, 6) is 0. The fourth-order valence-corrected chi connectivity index (χ4v) is 1.59. The summed E-state index contributed by atoms with van der Waals surface area (Å²) in [6, 6.07) is 5.10. The van der Waals surface area contributed by atoms with E-state index in [-0.39, 0.29) is 10.6 Å². The number of hydrogen-bond donors (Lipinski definition) is 0. The monoisotopic (exact) mass is 224 g/mol. The molecule has 0 saturated heterocycles. The molecule has 0 N–H and O–H groups in total. The molecule has 1 aromatic carbocycles. The van der Waals surface area contributed by atoms with Gasteiger partial charge in [0.25, 0.3) is 16.1 Å². The first kappa shape index (κ1) is 11.0. The number of isocyanates is 2. The van der Waals surface area contributed by atoms with Gasteiger partial charge in [0.1, 0.15) is 0 Å². The molecule has 0 amide bonds. The highest BCUT2D eigenvalue weighted by Gasteiger charge is 2.12. The number of nitrogens with zero attached hydrogens (tertiary/aromatic N) is 2. The van der Waals surface area contributed by atoms with Gasteiger partial charge in [-0.1, -0.05) is 10.5 Å². The topological polar surface area (TPSA) is 93.0 Å². The standard InChI is InChI=1S/C8H4N2O4S/c11-5-9-7-2-1-3-8(4-7)15(13,14)10-6-12/h1-4H. The molecule has 0 spiro atoms. The smallest absolute Gasteiger partial charge is 0.211 e. The summed E-state index contributed by atoms with van der Waals surface area (Å²) in [5.41, 5.74) is 0.118. The van der Waals surface area contributed by atoms with Crippen LogP contribution in [0.4, 0.5) is 5.69 Å². The SMILES string of the molecule is O=C=Nc1cccc(S(=O)(=O)N=C=O)c1. The van der Waals surface area contributed by atoms with Gasteiger partial charge >= 0.3 is 0 Å². The molecule has 1 aromatic rings. The van der Waals surface area contributed by atoms with E-state index in [9.17, 15) is 18.0 Å². The van der Waals surface area contributed by atoms with E-state index in [1.54, 1.807) is 0 Å². The molecule has 0 bridgehead atoms. The third-order valence-electron chi connectivity index (χ3n) is 1.45. The first-order valence-corrected chi connectivity index (χ1v) is 5.06. The third-order valence-corrected chi connectivity index (χ3v) is 2.61. The lowest BCUT2D eigenvalue weighted by Gasteiger charge is -1.96. The van der Waals surface area contributed by atoms with Crippen molar-refractivity contribution in [3.05, 3.63) is 24.3 Å². The van der Waals surface area contributed by atoms with Gasteiger partial charge in [-0.3, -0.25) is 0 Å². The van der Waals surface area contributed by atoms with Crippen molar-refractivity contribution in [1.82, 2.24) is 0 Å². The Kier molecular flexibility index (Phi) is 3.25. The Bertz CT molecular complexity index is 566. The van der Waals surface area contributed by atoms with E-state index >= 15 is 0 Å². The molecule has 0 fully saturated rings. The van der Waals surface area contributed by atoms with Crippen LogP contribution < -0.4 is 0 Å². The van der Waals surface area contributed by atoms with Gasteiger partial charge in [0.15, 0.2) is 0 Å². The van der Waals surface area contributed by atoms with E-state index in [0.717, 1.165) is 12.1 Å². The Labute approximate surface area is 85.0 Å². The lowest BCUT2D eigenvalue weighted by Crippen LogP contribution is -1.95. The zero-order valence-electron chi connectivity index (χ0n) is 7.25. The highest BCUT2D eigenvalue weighted by atomic mass is 32.2. The summed E-state index contributed by atoms with van der Waals surface area (Å²) in [6.45, 7) is 0. The highest BCUT2D eigenvalue weighted by molar-refractivity contribution is 7.90. The van der Waals surface area contributed by atoms with E-state index in [1.807, 2.05) is 0 Å². The van der Waals surface area contributed by atoms with E-state index in [4.69, 9.17) is 0 Å². The molecular formula is C8H4N2O4S. The second-order valence-corrected chi connectivity index (χ2v) is 3.96. The van der Waals surface area contributed by atoms with Crippen molar-refractivity contribution in [3.63, 3.8) is 0 Å². The lowest BCUT2D eigenvalue weighted by atomic mass is 10.3. The Balaban J connectivity index is 3.34. The predicted octanol–water partition coefficient (Wildman–Crippen LogP) is 0.678. The van der Waals surface area contributed by atoms with Gasteiger partial charge in [-0.25, -0.2) is 9.59 Å². The molecule has 0 radical (unpaired) electrons. The van der Waals surface area contributed by atoms with E-state index in [0.29, 0.717) is 0 Å². The maximum absolute atomic E-state index is 11.2. The Morgan fingerprint density at radius 3 is 2.47 bits per heavy atom. The normalized spacial score (nSPS) is 9.87. The maximum atomic E-state index is 11.2. The van der Waals surface area contributed by atoms with Crippen LogP contribution in [0.3, 0.4) is 0 Å². The van der Waals surface area contributed by atoms with E-state index in [2.05, 4.69) is 9.39 Å². The minimum absolute atomic E-state index is 0.118. The molecule has 0 atom stereocenters. The molecule has 0 saturated carbocycles. The van der Waals surface area contributed by atoms with E-state index in [1.165, 1.54) is 24.3 Å². The first-order chi connectivity index (χ1) is 7.10. The molecular weight excluding hydrogens is 220 g/mol. The van der Waals surface area contributed by atoms with E-state index < -0.39 is 10.0 Å². The van der Waals surface area contributed by atoms with Gasteiger partial charge in [0.05, 0.1) is 10.6 Å². The number of carbonyl (C=O) groups excluding carboxylic acids is 2. The maximum Gasteiger partial charge on any atom is 0.292 e. The average molecular weight is 224 g/mol. The van der Waals surface area contributed by atoms with Crippen LogP contribution in [0.1, 0.15) is 0 Å². The van der Waals surface area contributed by atoms with Gasteiger partial charge in [-0.2, -0.15) is 13.4 Å². The average Bonchev–Trinajstić information content (AvgIpc) is 2.19. The summed E-state index contributed by atoms with van der Waals surface area (Å²) in [7, 11) is -4.04. The second kappa shape index (κ2) is 4.43. The molecule has 15 heavy (non-hydrogen) atoms. The first-order valence-electron chi connectivity index (χ1n) is 3.62. The van der Waals surface area contributed by atoms with Crippen molar-refractivity contribution in [1.29, 1.82) is 0 Å². The Hall–Kier alpha value is -2.07. The molecule has 0 aromatic heterocycles. The summed E-state index contributed by atoms with van der Waals surface area (Å²) in [6.07, 6.45) is 2.20. The Morgan fingerprint density at radius 2 is 1.87 bits per heavy atom. The zero-order chi connectivity index (χ0) is 11.3. The minimum Gasteiger partial charge on any atom is -0.211 e. The van der Waals surface area contributed by atoms with Crippen molar-refractivity contribution in [2.75, 3.05) is 0 Å². The molecule has 0 aliphatic rings. The van der Waals surface area contributed by atoms with Crippen LogP contribution in [0.2, 0.25) is 0 Å². The van der Waals surface area contributed by atoms with Crippen LogP contribution in [0.25, 0.3) is 0 Å². The molecule has 7 heteroatoms. The van der Waals surface area contributed by atoms with Gasteiger partial charge in [0, 0.05) is 0 Å². The van der Waals surface area contributed by atoms with Crippen LogP contribution in [0, 0.1) is 0 Å². The second-order valence-electron chi connectivity index (χ2n) is 2.36. The summed E-state index contributed by atoms with van der Waals surface area (Å²) < 4.78 is 25.1. The number of rotatable bonds is 3. The summed E-state index contributed by atoms with van der Waals surface area (Å²) in [5, 5.41) is 0. The molecule has 0 unspecified atom stereocenters. The predicted molar refractivity (Wildman–Crippen MR) is 49.5 cm³/mol. The molecule has 0 heterocycles. The molecule has 0 aliphatic heterocycles. The van der Waals surface area contributed by atoms with Crippen LogP contribution in [-0.2, 0) is 19.6 Å². The Morgan fingerprint density at radius 1 is 1.13 bits per heavy atom. The third kappa shape index (κ3) is 2.69. The number of aliphatic imine (C=N–C) groups is 1. The van der Waals surface area contributed by atoms with Gasteiger partial charge in [0.2, 0.25) is 6.08 Å². The fourth-order valence-electron chi connectivity index (χ4n) is 0.868. The van der Waals surface area contributed by atoms with Crippen molar-refractivity contribution in [3.8, 4) is 0 Å². The van der Waals surface area contributed by atoms with Crippen molar-refractivity contribution in [2.45, 2.75) is 4.90 Å². The van der Waals surface area contributed by atoms with Crippen molar-refractivity contribution >= 4 is 27.9 Å². The van der Waals surface area contributed by atoms with Crippen LogP contribution in [0.5, 0.6) is 0 Å². The largest absolute Gasteiger partial charge is 0.292 e. The van der Waals surface area contributed by atoms with Crippen LogP contribution in [0.15, 0.2) is 38.6 Å². The molecule has 1 rings (SSSR count). The van der Waals surface area contributed by atoms with Gasteiger partial charge in [-0.05, 0) is 18.2 Å². The minimum atomic E-state index is -4.04. The van der Waals surface area contributed by atoms with Gasteiger partial charge in [-0.15, -0.1) is 0 Å². The highest BCUT2D eigenvalue weighted by Crippen LogP contribution is 2.18. The van der Waals surface area contributed by atoms with Crippen molar-refractivity contribution < 1.29 is 18.0 Å².